The number of nitrogens with one attached hydrogen (secondary N) is 1. The standard InChI is InChI=1S/C29H28FN3O4/c1-18(19-7-12-22(30)13-8-19)31-29(36)21-11-16-24-26(17-21)32-25(5-3-4-6-27(34)35)28(33-24)20-9-14-23(37-2)15-10-20/h7-18H,3-6H2,1-2H3,(H,31,36)(H,34,35)/t18-/m1/s1. The number of rotatable bonds is 10. The number of carbonyl (C=O) groups is 2. The van der Waals surface area contributed by atoms with Gasteiger partial charge in [0, 0.05) is 17.5 Å². The summed E-state index contributed by atoms with van der Waals surface area (Å²) in [7, 11) is 1.60. The fourth-order valence-corrected chi connectivity index (χ4v) is 4.07. The summed E-state index contributed by atoms with van der Waals surface area (Å²) in [5.41, 5.74) is 4.77. The summed E-state index contributed by atoms with van der Waals surface area (Å²) in [5, 5.41) is 11.9. The first-order valence-electron chi connectivity index (χ1n) is 12.1. The lowest BCUT2D eigenvalue weighted by atomic mass is 10.0. The molecular formula is C29H28FN3O4. The van der Waals surface area contributed by atoms with Crippen LogP contribution in [-0.2, 0) is 11.2 Å². The predicted molar refractivity (Wildman–Crippen MR) is 139 cm³/mol. The van der Waals surface area contributed by atoms with Crippen molar-refractivity contribution >= 4 is 22.9 Å². The summed E-state index contributed by atoms with van der Waals surface area (Å²) in [6.07, 6.45) is 1.82. The largest absolute Gasteiger partial charge is 0.497 e. The van der Waals surface area contributed by atoms with Crippen molar-refractivity contribution in [2.24, 2.45) is 0 Å². The number of fused-ring (bicyclic) bond motifs is 1. The molecule has 0 saturated carbocycles. The summed E-state index contributed by atoms with van der Waals surface area (Å²) in [6.45, 7) is 1.84. The van der Waals surface area contributed by atoms with Crippen LogP contribution in [0.2, 0.25) is 0 Å². The highest BCUT2D eigenvalue weighted by Crippen LogP contribution is 2.27. The monoisotopic (exact) mass is 501 g/mol. The maximum atomic E-state index is 13.2. The number of hydrogen-bond acceptors (Lipinski definition) is 5. The molecular weight excluding hydrogens is 473 g/mol. The van der Waals surface area contributed by atoms with E-state index in [9.17, 15) is 14.0 Å². The maximum absolute atomic E-state index is 13.2. The number of nitrogens with zero attached hydrogens (tertiary/aromatic N) is 2. The normalized spacial score (nSPS) is 11.8. The summed E-state index contributed by atoms with van der Waals surface area (Å²) in [6, 6.07) is 18.4. The molecule has 1 aromatic heterocycles. The molecule has 0 spiro atoms. The van der Waals surface area contributed by atoms with Gasteiger partial charge in [-0.3, -0.25) is 9.59 Å². The van der Waals surface area contributed by atoms with Crippen molar-refractivity contribution in [2.45, 2.75) is 38.6 Å². The number of halogens is 1. The van der Waals surface area contributed by atoms with E-state index in [4.69, 9.17) is 19.8 Å². The Labute approximate surface area is 214 Å². The molecule has 1 heterocycles. The Balaban J connectivity index is 1.62. The van der Waals surface area contributed by atoms with Crippen LogP contribution in [-0.4, -0.2) is 34.1 Å². The molecule has 0 bridgehead atoms. The lowest BCUT2D eigenvalue weighted by Crippen LogP contribution is -2.26. The van der Waals surface area contributed by atoms with Crippen molar-refractivity contribution in [2.75, 3.05) is 7.11 Å². The molecule has 8 heteroatoms. The number of aromatic nitrogens is 2. The van der Waals surface area contributed by atoms with E-state index in [-0.39, 0.29) is 24.2 Å². The maximum Gasteiger partial charge on any atom is 0.303 e. The Morgan fingerprint density at radius 3 is 2.38 bits per heavy atom. The molecule has 190 valence electrons. The van der Waals surface area contributed by atoms with E-state index in [0.717, 1.165) is 22.6 Å². The van der Waals surface area contributed by atoms with E-state index >= 15 is 0 Å². The van der Waals surface area contributed by atoms with Crippen molar-refractivity contribution in [3.63, 3.8) is 0 Å². The van der Waals surface area contributed by atoms with Gasteiger partial charge in [-0.15, -0.1) is 0 Å². The molecule has 0 radical (unpaired) electrons. The van der Waals surface area contributed by atoms with Gasteiger partial charge < -0.3 is 15.2 Å². The second-order valence-corrected chi connectivity index (χ2v) is 8.80. The van der Waals surface area contributed by atoms with Gasteiger partial charge >= 0.3 is 5.97 Å². The number of carboxylic acids is 1. The zero-order chi connectivity index (χ0) is 26.4. The molecule has 7 nitrogen and oxygen atoms in total. The lowest BCUT2D eigenvalue weighted by molar-refractivity contribution is -0.137. The molecule has 3 aromatic carbocycles. The fraction of sp³-hybridized carbons (Fsp3) is 0.241. The van der Waals surface area contributed by atoms with Crippen molar-refractivity contribution < 1.29 is 23.8 Å². The van der Waals surface area contributed by atoms with E-state index in [1.165, 1.54) is 12.1 Å². The van der Waals surface area contributed by atoms with Crippen LogP contribution in [0.3, 0.4) is 0 Å². The molecule has 4 aromatic rings. The zero-order valence-corrected chi connectivity index (χ0v) is 20.7. The van der Waals surface area contributed by atoms with Crippen LogP contribution in [0.15, 0.2) is 66.7 Å². The summed E-state index contributed by atoms with van der Waals surface area (Å²) < 4.78 is 18.5. The van der Waals surface area contributed by atoms with E-state index in [2.05, 4.69) is 5.32 Å². The van der Waals surface area contributed by atoms with Gasteiger partial charge in [-0.1, -0.05) is 12.1 Å². The highest BCUT2D eigenvalue weighted by molar-refractivity contribution is 5.97. The van der Waals surface area contributed by atoms with Gasteiger partial charge in [-0.05, 0) is 86.3 Å². The third-order valence-electron chi connectivity index (χ3n) is 6.13. The van der Waals surface area contributed by atoms with Gasteiger partial charge in [-0.25, -0.2) is 14.4 Å². The Bertz CT molecular complexity index is 1410. The highest BCUT2D eigenvalue weighted by Gasteiger charge is 2.16. The van der Waals surface area contributed by atoms with E-state index in [0.29, 0.717) is 41.6 Å². The minimum Gasteiger partial charge on any atom is -0.497 e. The average molecular weight is 502 g/mol. The summed E-state index contributed by atoms with van der Waals surface area (Å²) in [5.74, 6) is -0.706. The molecule has 0 unspecified atom stereocenters. The molecule has 0 aliphatic carbocycles. The molecule has 2 N–H and O–H groups in total. The minimum absolute atomic E-state index is 0.0927. The van der Waals surface area contributed by atoms with Crippen molar-refractivity contribution in [1.29, 1.82) is 0 Å². The van der Waals surface area contributed by atoms with Gasteiger partial charge in [0.15, 0.2) is 0 Å². The molecule has 1 amide bonds. The first-order chi connectivity index (χ1) is 17.8. The van der Waals surface area contributed by atoms with Crippen molar-refractivity contribution in [3.05, 3.63) is 89.4 Å². The number of benzene rings is 3. The molecule has 0 aliphatic heterocycles. The summed E-state index contributed by atoms with van der Waals surface area (Å²) in [4.78, 5) is 33.6. The Kier molecular flexibility index (Phi) is 8.08. The van der Waals surface area contributed by atoms with Crippen LogP contribution >= 0.6 is 0 Å². The Morgan fingerprint density at radius 1 is 0.973 bits per heavy atom. The zero-order valence-electron chi connectivity index (χ0n) is 20.7. The number of aryl methyl sites for hydroxylation is 1. The first-order valence-corrected chi connectivity index (χ1v) is 12.1. The second kappa shape index (κ2) is 11.6. The Morgan fingerprint density at radius 2 is 1.70 bits per heavy atom. The second-order valence-electron chi connectivity index (χ2n) is 8.80. The average Bonchev–Trinajstić information content (AvgIpc) is 2.90. The van der Waals surface area contributed by atoms with Crippen LogP contribution in [0, 0.1) is 5.82 Å². The topological polar surface area (TPSA) is 101 Å². The molecule has 0 fully saturated rings. The third kappa shape index (κ3) is 6.46. The minimum atomic E-state index is -0.828. The lowest BCUT2D eigenvalue weighted by Gasteiger charge is -2.15. The van der Waals surface area contributed by atoms with E-state index in [1.54, 1.807) is 37.4 Å². The number of aliphatic carboxylic acids is 1. The van der Waals surface area contributed by atoms with Crippen LogP contribution in [0.4, 0.5) is 4.39 Å². The number of unbranched alkanes of at least 4 members (excludes halogenated alkanes) is 1. The first kappa shape index (κ1) is 25.8. The van der Waals surface area contributed by atoms with Gasteiger partial charge in [0.25, 0.3) is 5.91 Å². The summed E-state index contributed by atoms with van der Waals surface area (Å²) >= 11 is 0. The number of amides is 1. The van der Waals surface area contributed by atoms with Crippen LogP contribution in [0.5, 0.6) is 5.75 Å². The van der Waals surface area contributed by atoms with Crippen molar-refractivity contribution in [3.8, 4) is 17.0 Å². The number of carbonyl (C=O) groups excluding carboxylic acids is 1. The number of hydrogen-bond donors (Lipinski definition) is 2. The fourth-order valence-electron chi connectivity index (χ4n) is 4.07. The van der Waals surface area contributed by atoms with Gasteiger partial charge in [-0.2, -0.15) is 0 Å². The van der Waals surface area contributed by atoms with Gasteiger partial charge in [0.1, 0.15) is 11.6 Å². The molecule has 37 heavy (non-hydrogen) atoms. The Hall–Kier alpha value is -4.33. The van der Waals surface area contributed by atoms with Gasteiger partial charge in [0.2, 0.25) is 0 Å². The van der Waals surface area contributed by atoms with E-state index < -0.39 is 5.97 Å². The molecule has 4 rings (SSSR count). The predicted octanol–water partition coefficient (Wildman–Crippen LogP) is 5.73. The number of ether oxygens (including phenoxy) is 1. The molecule has 0 saturated heterocycles. The molecule has 1 atom stereocenters. The van der Waals surface area contributed by atoms with E-state index in [1.807, 2.05) is 31.2 Å². The highest BCUT2D eigenvalue weighted by atomic mass is 19.1. The number of methoxy groups -OCH3 is 1. The third-order valence-corrected chi connectivity index (χ3v) is 6.13. The van der Waals surface area contributed by atoms with Crippen LogP contribution < -0.4 is 10.1 Å². The number of carboxylic acid groups (broad SMARTS) is 1. The smallest absolute Gasteiger partial charge is 0.303 e. The quantitative estimate of drug-likeness (QED) is 0.269. The van der Waals surface area contributed by atoms with Crippen molar-refractivity contribution in [1.82, 2.24) is 15.3 Å². The van der Waals surface area contributed by atoms with Crippen LogP contribution in [0.1, 0.15) is 53.8 Å². The molecule has 0 aliphatic rings. The SMILES string of the molecule is COc1ccc(-c2nc3ccc(C(=O)N[C@H](C)c4ccc(F)cc4)cc3nc2CCCCC(=O)O)cc1. The van der Waals surface area contributed by atoms with Crippen LogP contribution in [0.25, 0.3) is 22.3 Å². The van der Waals surface area contributed by atoms with Gasteiger partial charge in [0.05, 0.1) is 35.6 Å².